The van der Waals surface area contributed by atoms with Gasteiger partial charge >= 0.3 is 0 Å². The summed E-state index contributed by atoms with van der Waals surface area (Å²) < 4.78 is 0. The Labute approximate surface area is 286 Å². The summed E-state index contributed by atoms with van der Waals surface area (Å²) in [4.78, 5) is 28.7. The maximum Gasteiger partial charge on any atom is 0.245 e. The molecule has 3 N–H and O–H groups in total. The van der Waals surface area contributed by atoms with Crippen molar-refractivity contribution in [3.05, 3.63) is 82.9 Å². The summed E-state index contributed by atoms with van der Waals surface area (Å²) >= 11 is 1.40. The number of hydrogen-bond donors (Lipinski definition) is 3. The lowest BCUT2D eigenvalue weighted by molar-refractivity contribution is -0.126. The number of aromatic hydroxyl groups is 2. The minimum absolute atomic E-state index is 0.123. The second-order valence-electron chi connectivity index (χ2n) is 11.7. The van der Waals surface area contributed by atoms with Crippen LogP contribution in [0.5, 0.6) is 11.5 Å². The molecule has 1 heterocycles. The minimum Gasteiger partial charge on any atom is -0.507 e. The highest BCUT2D eigenvalue weighted by atomic mass is 32.2. The van der Waals surface area contributed by atoms with Crippen LogP contribution >= 0.6 is 11.8 Å². The van der Waals surface area contributed by atoms with E-state index in [4.69, 9.17) is 0 Å². The average molecular weight is 660 g/mol. The van der Waals surface area contributed by atoms with Gasteiger partial charge in [0.25, 0.3) is 0 Å². The molecule has 2 aromatic rings. The second kappa shape index (κ2) is 20.2. The van der Waals surface area contributed by atoms with Gasteiger partial charge in [-0.05, 0) is 90.0 Å². The number of carbonyl (C=O) groups is 2. The molecule has 0 bridgehead atoms. The van der Waals surface area contributed by atoms with E-state index in [2.05, 4.69) is 64.2 Å². The van der Waals surface area contributed by atoms with E-state index in [1.807, 2.05) is 35.0 Å². The zero-order chi connectivity index (χ0) is 34.9. The van der Waals surface area contributed by atoms with Crippen LogP contribution in [-0.2, 0) is 16.0 Å². The molecule has 0 spiro atoms. The lowest BCUT2D eigenvalue weighted by atomic mass is 9.80. The number of terminal acetylenes is 1. The lowest BCUT2D eigenvalue weighted by Crippen LogP contribution is -2.33. The molecule has 0 aromatic heterocycles. The Hall–Kier alpha value is -4.09. The van der Waals surface area contributed by atoms with Gasteiger partial charge in [0, 0.05) is 44.7 Å². The first kappa shape index (κ1) is 39.1. The predicted molar refractivity (Wildman–Crippen MR) is 197 cm³/mol. The van der Waals surface area contributed by atoms with Crippen molar-refractivity contribution in [3.63, 3.8) is 0 Å². The smallest absolute Gasteiger partial charge is 0.245 e. The molecular weight excluding hydrogens is 607 g/mol. The van der Waals surface area contributed by atoms with Gasteiger partial charge in [0.05, 0.1) is 10.6 Å². The van der Waals surface area contributed by atoms with Gasteiger partial charge in [-0.1, -0.05) is 70.7 Å². The van der Waals surface area contributed by atoms with Gasteiger partial charge in [-0.2, -0.15) is 0 Å². The normalized spacial score (nSPS) is 16.9. The summed E-state index contributed by atoms with van der Waals surface area (Å²) in [6, 6.07) is 9.92. The number of carbonyl (C=O) groups excluding carboxylic acids is 2. The number of nitrogens with zero attached hydrogens (tertiary/aromatic N) is 2. The minimum atomic E-state index is -0.208. The van der Waals surface area contributed by atoms with Gasteiger partial charge in [0.15, 0.2) is 0 Å². The van der Waals surface area contributed by atoms with Crippen LogP contribution < -0.4 is 10.2 Å². The van der Waals surface area contributed by atoms with Crippen molar-refractivity contribution < 1.29 is 19.8 Å². The first-order chi connectivity index (χ1) is 22.7. The number of nitrogens with one attached hydrogen (secondary N) is 1. The number of benzene rings is 2. The molecule has 1 aliphatic carbocycles. The maximum atomic E-state index is 12.9. The Morgan fingerprint density at radius 1 is 1.09 bits per heavy atom. The van der Waals surface area contributed by atoms with E-state index < -0.39 is 0 Å². The summed E-state index contributed by atoms with van der Waals surface area (Å²) in [5.74, 6) is 0.601. The SMILES string of the molecule is C#C.C=CSc1c(O)cc(C2CN(C(=O)C=C)CCC/C2=C(/CCNC=O)N(C)c2ccc(C3CCC3)cc2O)cc1CC.CCC. The number of likely N-dealkylation sites (tertiary alicyclic amines) is 1. The highest BCUT2D eigenvalue weighted by molar-refractivity contribution is 8.02. The maximum absolute atomic E-state index is 12.9. The first-order valence-corrected chi connectivity index (χ1v) is 17.5. The van der Waals surface area contributed by atoms with Gasteiger partial charge in [0.1, 0.15) is 11.5 Å². The van der Waals surface area contributed by atoms with Gasteiger partial charge in [-0.3, -0.25) is 9.59 Å². The standard InChI is InChI=1S/C34H43N3O4S.C3H8.C2H2/c1-5-23-18-26(20-32(40)34(23)42-7-3)28-21-37(33(41)6-2)17-9-12-27(28)29(15-16-35-22-38)36(4)30-14-13-25(19-31(30)39)24-10-8-11-24;1-3-2;1-2/h6-7,13-14,18-20,22,24,28,39-40H,2-3,5,8-12,15-17,21H2,1,4H3,(H,35,38);3H2,1-2H3;1-2H/b29-27+;;. The molecule has 254 valence electrons. The van der Waals surface area contributed by atoms with Crippen LogP contribution in [0.25, 0.3) is 0 Å². The Morgan fingerprint density at radius 3 is 2.32 bits per heavy atom. The second-order valence-corrected chi connectivity index (χ2v) is 12.7. The first-order valence-electron chi connectivity index (χ1n) is 16.6. The molecule has 7 nitrogen and oxygen atoms in total. The Bertz CT molecular complexity index is 1410. The molecule has 1 saturated heterocycles. The molecule has 1 unspecified atom stereocenters. The van der Waals surface area contributed by atoms with E-state index in [1.54, 1.807) is 5.41 Å². The van der Waals surface area contributed by atoms with Crippen molar-refractivity contribution >= 4 is 29.8 Å². The molecule has 0 radical (unpaired) electrons. The van der Waals surface area contributed by atoms with E-state index in [0.29, 0.717) is 44.1 Å². The number of aryl methyl sites for hydroxylation is 1. The molecule has 1 aliphatic heterocycles. The van der Waals surface area contributed by atoms with Crippen LogP contribution in [0.4, 0.5) is 5.69 Å². The Kier molecular flexibility index (Phi) is 16.8. The number of anilines is 1. The van der Waals surface area contributed by atoms with E-state index in [-0.39, 0.29) is 23.3 Å². The fourth-order valence-corrected chi connectivity index (χ4v) is 6.88. The zero-order valence-electron chi connectivity index (χ0n) is 28.6. The summed E-state index contributed by atoms with van der Waals surface area (Å²) in [7, 11) is 1.95. The van der Waals surface area contributed by atoms with Crippen LogP contribution in [-0.4, -0.2) is 54.1 Å². The fraction of sp³-hybridized carbons (Fsp3) is 0.436. The van der Waals surface area contributed by atoms with Crippen LogP contribution in [0.15, 0.2) is 71.1 Å². The summed E-state index contributed by atoms with van der Waals surface area (Å²) in [5.41, 5.74) is 5.91. The van der Waals surface area contributed by atoms with Gasteiger partial charge < -0.3 is 25.3 Å². The Morgan fingerprint density at radius 2 is 1.77 bits per heavy atom. The number of hydrogen-bond acceptors (Lipinski definition) is 6. The molecular formula is C39H53N3O4S. The number of phenols is 2. The largest absolute Gasteiger partial charge is 0.507 e. The van der Waals surface area contributed by atoms with Crippen molar-refractivity contribution in [2.45, 2.75) is 88.9 Å². The highest BCUT2D eigenvalue weighted by Crippen LogP contribution is 2.44. The highest BCUT2D eigenvalue weighted by Gasteiger charge is 2.31. The van der Waals surface area contributed by atoms with Crippen LogP contribution in [0.1, 0.15) is 94.2 Å². The quantitative estimate of drug-likeness (QED) is 0.0699. The van der Waals surface area contributed by atoms with Crippen LogP contribution in [0.3, 0.4) is 0 Å². The molecule has 2 aromatic carbocycles. The summed E-state index contributed by atoms with van der Waals surface area (Å²) in [6.45, 7) is 15.3. The van der Waals surface area contributed by atoms with E-state index >= 15 is 0 Å². The topological polar surface area (TPSA) is 93.1 Å². The molecule has 1 saturated carbocycles. The van der Waals surface area contributed by atoms with Crippen LogP contribution in [0.2, 0.25) is 0 Å². The zero-order valence-corrected chi connectivity index (χ0v) is 29.5. The number of amides is 2. The fourth-order valence-electron chi connectivity index (χ4n) is 6.18. The number of thioether (sulfide) groups is 1. The summed E-state index contributed by atoms with van der Waals surface area (Å²) in [6.07, 6.45) is 17.6. The summed E-state index contributed by atoms with van der Waals surface area (Å²) in [5, 5.41) is 26.8. The van der Waals surface area contributed by atoms with Crippen molar-refractivity contribution in [2.75, 3.05) is 31.6 Å². The van der Waals surface area contributed by atoms with E-state index in [9.17, 15) is 19.8 Å². The molecule has 47 heavy (non-hydrogen) atoms. The van der Waals surface area contributed by atoms with Crippen LogP contribution in [0, 0.1) is 12.8 Å². The Balaban J connectivity index is 0.00000145. The van der Waals surface area contributed by atoms with Crippen molar-refractivity contribution in [1.82, 2.24) is 10.2 Å². The molecule has 4 rings (SSSR count). The van der Waals surface area contributed by atoms with Gasteiger partial charge in [-0.15, -0.1) is 12.8 Å². The van der Waals surface area contributed by atoms with Gasteiger partial charge in [-0.25, -0.2) is 0 Å². The van der Waals surface area contributed by atoms with Crippen molar-refractivity contribution in [2.24, 2.45) is 0 Å². The molecule has 1 atom stereocenters. The monoisotopic (exact) mass is 659 g/mol. The van der Waals surface area contributed by atoms with E-state index in [0.717, 1.165) is 59.4 Å². The third-order valence-corrected chi connectivity index (χ3v) is 9.51. The third kappa shape index (κ3) is 10.2. The van der Waals surface area contributed by atoms with Crippen molar-refractivity contribution in [3.8, 4) is 24.3 Å². The van der Waals surface area contributed by atoms with Gasteiger partial charge in [0.2, 0.25) is 12.3 Å². The average Bonchev–Trinajstić information content (AvgIpc) is 3.27. The molecule has 8 heteroatoms. The molecule has 2 amide bonds. The number of rotatable bonds is 12. The molecule has 2 aliphatic rings. The van der Waals surface area contributed by atoms with E-state index in [1.165, 1.54) is 36.2 Å². The predicted octanol–water partition coefficient (Wildman–Crippen LogP) is 8.25. The molecule has 2 fully saturated rings. The third-order valence-electron chi connectivity index (χ3n) is 8.64. The lowest BCUT2D eigenvalue weighted by Gasteiger charge is -2.32. The number of phenolic OH excluding ortho intramolecular Hbond substituents is 2. The van der Waals surface area contributed by atoms with Crippen molar-refractivity contribution in [1.29, 1.82) is 0 Å².